The number of nitrogens with zero attached hydrogens (tertiary/aromatic N) is 1. The average molecular weight is 305 g/mol. The summed E-state index contributed by atoms with van der Waals surface area (Å²) in [6.07, 6.45) is 2.03. The Hall–Kier alpha value is -1.18. The second-order valence-corrected chi connectivity index (χ2v) is 6.81. The number of nitro groups is 1. The van der Waals surface area contributed by atoms with Gasteiger partial charge in [0.05, 0.1) is 9.82 Å². The number of nitrogens with one attached hydrogen (secondary N) is 1. The van der Waals surface area contributed by atoms with Crippen LogP contribution in [-0.4, -0.2) is 24.8 Å². The van der Waals surface area contributed by atoms with Crippen molar-refractivity contribution in [1.82, 2.24) is 4.72 Å². The van der Waals surface area contributed by atoms with Crippen molar-refractivity contribution < 1.29 is 13.3 Å². The Morgan fingerprint density at radius 2 is 2.11 bits per heavy atom. The lowest BCUT2D eigenvalue weighted by molar-refractivity contribution is -0.385. The topological polar surface area (TPSA) is 89.3 Å². The highest BCUT2D eigenvalue weighted by molar-refractivity contribution is 7.89. The van der Waals surface area contributed by atoms with Gasteiger partial charge in [0.2, 0.25) is 10.0 Å². The molecular formula is C11H13ClN2O4S. The molecule has 1 aromatic carbocycles. The number of halogens is 1. The van der Waals surface area contributed by atoms with E-state index in [0.29, 0.717) is 12.8 Å². The highest BCUT2D eigenvalue weighted by Gasteiger charge is 2.28. The van der Waals surface area contributed by atoms with Crippen LogP contribution in [0.3, 0.4) is 0 Å². The van der Waals surface area contributed by atoms with E-state index in [2.05, 4.69) is 4.72 Å². The molecule has 1 aliphatic carbocycles. The summed E-state index contributed by atoms with van der Waals surface area (Å²) in [5.74, 6) is 0. The Balaban J connectivity index is 2.19. The maximum Gasteiger partial charge on any atom is 0.270 e. The van der Waals surface area contributed by atoms with Gasteiger partial charge in [-0.15, -0.1) is 11.6 Å². The van der Waals surface area contributed by atoms with Gasteiger partial charge in [0, 0.05) is 23.6 Å². The molecule has 1 aliphatic rings. The van der Waals surface area contributed by atoms with Gasteiger partial charge in [0.25, 0.3) is 5.69 Å². The molecule has 0 radical (unpaired) electrons. The molecule has 2 unspecified atom stereocenters. The van der Waals surface area contributed by atoms with Crippen LogP contribution in [0.15, 0.2) is 29.2 Å². The molecule has 0 saturated heterocycles. The van der Waals surface area contributed by atoms with Gasteiger partial charge < -0.3 is 0 Å². The van der Waals surface area contributed by atoms with E-state index in [0.717, 1.165) is 12.5 Å². The summed E-state index contributed by atoms with van der Waals surface area (Å²) >= 11 is 5.92. The molecule has 0 aromatic heterocycles. The van der Waals surface area contributed by atoms with Gasteiger partial charge >= 0.3 is 0 Å². The lowest BCUT2D eigenvalue weighted by atomic mass is 10.3. The Labute approximate surface area is 116 Å². The van der Waals surface area contributed by atoms with Gasteiger partial charge in [-0.1, -0.05) is 6.07 Å². The Morgan fingerprint density at radius 3 is 2.68 bits per heavy atom. The number of hydrogen-bond donors (Lipinski definition) is 1. The van der Waals surface area contributed by atoms with Crippen LogP contribution in [0, 0.1) is 10.1 Å². The third kappa shape index (κ3) is 3.43. The van der Waals surface area contributed by atoms with Crippen molar-refractivity contribution in [1.29, 1.82) is 0 Å². The van der Waals surface area contributed by atoms with Crippen molar-refractivity contribution in [3.05, 3.63) is 34.4 Å². The van der Waals surface area contributed by atoms with Crippen molar-refractivity contribution in [2.24, 2.45) is 0 Å². The standard InChI is InChI=1S/C11H13ClN2O4S/c12-8-4-5-9(6-8)13-19(17,18)11-3-1-2-10(7-11)14(15)16/h1-3,7-9,13H,4-6H2. The van der Waals surface area contributed by atoms with E-state index in [-0.39, 0.29) is 22.0 Å². The summed E-state index contributed by atoms with van der Waals surface area (Å²) in [5, 5.41) is 10.6. The molecule has 0 aliphatic heterocycles. The number of rotatable bonds is 4. The number of nitro benzene ring substituents is 1. The normalized spacial score (nSPS) is 23.4. The Morgan fingerprint density at radius 1 is 1.37 bits per heavy atom. The lowest BCUT2D eigenvalue weighted by Crippen LogP contribution is -2.33. The minimum atomic E-state index is -3.74. The van der Waals surface area contributed by atoms with E-state index in [1.54, 1.807) is 0 Å². The molecule has 1 fully saturated rings. The predicted molar refractivity (Wildman–Crippen MR) is 70.7 cm³/mol. The fourth-order valence-corrected chi connectivity index (χ4v) is 3.75. The zero-order valence-corrected chi connectivity index (χ0v) is 11.5. The van der Waals surface area contributed by atoms with Crippen molar-refractivity contribution >= 4 is 27.3 Å². The summed E-state index contributed by atoms with van der Waals surface area (Å²) in [7, 11) is -3.74. The van der Waals surface area contributed by atoms with E-state index in [1.807, 2.05) is 0 Å². The fourth-order valence-electron chi connectivity index (χ4n) is 2.09. The predicted octanol–water partition coefficient (Wildman–Crippen LogP) is 2.03. The van der Waals surface area contributed by atoms with Crippen molar-refractivity contribution in [2.75, 3.05) is 0 Å². The van der Waals surface area contributed by atoms with Crippen LogP contribution in [0.25, 0.3) is 0 Å². The molecule has 8 heteroatoms. The molecule has 104 valence electrons. The van der Waals surface area contributed by atoms with Gasteiger partial charge in [-0.05, 0) is 25.3 Å². The summed E-state index contributed by atoms with van der Waals surface area (Å²) in [4.78, 5) is 9.92. The molecule has 1 N–H and O–H groups in total. The Kier molecular flexibility index (Phi) is 4.07. The average Bonchev–Trinajstić information content (AvgIpc) is 2.74. The van der Waals surface area contributed by atoms with Crippen molar-refractivity contribution in [2.45, 2.75) is 35.6 Å². The highest BCUT2D eigenvalue weighted by Crippen LogP contribution is 2.26. The molecule has 0 heterocycles. The molecule has 19 heavy (non-hydrogen) atoms. The maximum absolute atomic E-state index is 12.1. The van der Waals surface area contributed by atoms with Crippen LogP contribution in [0.5, 0.6) is 0 Å². The van der Waals surface area contributed by atoms with Crippen LogP contribution in [0.2, 0.25) is 0 Å². The number of non-ortho nitro benzene ring substituents is 1. The smallest absolute Gasteiger partial charge is 0.258 e. The maximum atomic E-state index is 12.1. The van der Waals surface area contributed by atoms with Gasteiger partial charge in [-0.3, -0.25) is 10.1 Å². The molecule has 6 nitrogen and oxygen atoms in total. The third-order valence-electron chi connectivity index (χ3n) is 3.03. The van der Waals surface area contributed by atoms with Gasteiger partial charge in [0.15, 0.2) is 0 Å². The van der Waals surface area contributed by atoms with Gasteiger partial charge in [-0.2, -0.15) is 0 Å². The second-order valence-electron chi connectivity index (χ2n) is 4.48. The number of hydrogen-bond acceptors (Lipinski definition) is 4. The van der Waals surface area contributed by atoms with Crippen LogP contribution in [0.1, 0.15) is 19.3 Å². The molecule has 0 bridgehead atoms. The van der Waals surface area contributed by atoms with Gasteiger partial charge in [-0.25, -0.2) is 13.1 Å². The zero-order chi connectivity index (χ0) is 14.0. The summed E-state index contributed by atoms with van der Waals surface area (Å²) in [5.41, 5.74) is -0.246. The third-order valence-corrected chi connectivity index (χ3v) is 4.94. The molecule has 1 aromatic rings. The van der Waals surface area contributed by atoms with Crippen LogP contribution in [-0.2, 0) is 10.0 Å². The highest BCUT2D eigenvalue weighted by atomic mass is 35.5. The second kappa shape index (κ2) is 5.44. The lowest BCUT2D eigenvalue weighted by Gasteiger charge is -2.12. The summed E-state index contributed by atoms with van der Waals surface area (Å²) in [6, 6.07) is 4.79. The first-order chi connectivity index (χ1) is 8.88. The van der Waals surface area contributed by atoms with Crippen molar-refractivity contribution in [3.63, 3.8) is 0 Å². The van der Waals surface area contributed by atoms with E-state index in [9.17, 15) is 18.5 Å². The first kappa shape index (κ1) is 14.2. The Bertz CT molecular complexity index is 590. The van der Waals surface area contributed by atoms with Gasteiger partial charge in [0.1, 0.15) is 0 Å². The first-order valence-electron chi connectivity index (χ1n) is 5.79. The summed E-state index contributed by atoms with van der Waals surface area (Å²) < 4.78 is 26.7. The van der Waals surface area contributed by atoms with E-state index in [4.69, 9.17) is 11.6 Å². The largest absolute Gasteiger partial charge is 0.270 e. The zero-order valence-electron chi connectivity index (χ0n) is 9.95. The molecule has 0 spiro atoms. The minimum Gasteiger partial charge on any atom is -0.258 e. The minimum absolute atomic E-state index is 0.0159. The molecule has 2 atom stereocenters. The van der Waals surface area contributed by atoms with Crippen molar-refractivity contribution in [3.8, 4) is 0 Å². The van der Waals surface area contributed by atoms with E-state index in [1.165, 1.54) is 18.2 Å². The van der Waals surface area contributed by atoms with Crippen LogP contribution in [0.4, 0.5) is 5.69 Å². The monoisotopic (exact) mass is 304 g/mol. The van der Waals surface area contributed by atoms with Crippen LogP contribution >= 0.6 is 11.6 Å². The number of sulfonamides is 1. The molecular weight excluding hydrogens is 292 g/mol. The first-order valence-corrected chi connectivity index (χ1v) is 7.71. The number of alkyl halides is 1. The summed E-state index contributed by atoms with van der Waals surface area (Å²) in [6.45, 7) is 0. The SMILES string of the molecule is O=[N+]([O-])c1cccc(S(=O)(=O)NC2CCC(Cl)C2)c1. The van der Waals surface area contributed by atoms with E-state index < -0.39 is 14.9 Å². The number of benzene rings is 1. The fraction of sp³-hybridized carbons (Fsp3) is 0.455. The molecule has 2 rings (SSSR count). The molecule has 0 amide bonds. The quantitative estimate of drug-likeness (QED) is 0.523. The van der Waals surface area contributed by atoms with Crippen LogP contribution < -0.4 is 4.72 Å². The molecule has 1 saturated carbocycles. The van der Waals surface area contributed by atoms with E-state index >= 15 is 0 Å².